The van der Waals surface area contributed by atoms with Crippen molar-refractivity contribution in [1.82, 2.24) is 9.88 Å². The van der Waals surface area contributed by atoms with Gasteiger partial charge in [-0.1, -0.05) is 0 Å². The van der Waals surface area contributed by atoms with Gasteiger partial charge in [-0.3, -0.25) is 4.79 Å². The van der Waals surface area contributed by atoms with Crippen LogP contribution < -0.4 is 5.73 Å². The largest absolute Gasteiger partial charge is 0.389 e. The third kappa shape index (κ3) is 4.04. The molecule has 0 spiro atoms. The Labute approximate surface area is 104 Å². The second kappa shape index (κ2) is 6.65. The maximum absolute atomic E-state index is 11.9. The van der Waals surface area contributed by atoms with E-state index < -0.39 is 6.10 Å². The Hall–Kier alpha value is -1.02. The molecule has 1 unspecified atom stereocenters. The van der Waals surface area contributed by atoms with E-state index in [-0.39, 0.29) is 19.1 Å². The molecule has 0 aliphatic carbocycles. The highest BCUT2D eigenvalue weighted by atomic mass is 32.1. The van der Waals surface area contributed by atoms with Crippen LogP contribution in [0, 0.1) is 0 Å². The number of aliphatic hydroxyl groups excluding tert-OH is 1. The van der Waals surface area contributed by atoms with Gasteiger partial charge in [-0.25, -0.2) is 4.98 Å². The summed E-state index contributed by atoms with van der Waals surface area (Å²) in [6.45, 7) is 0.735. The fourth-order valence-electron chi connectivity index (χ4n) is 1.34. The normalized spacial score (nSPS) is 12.5. The van der Waals surface area contributed by atoms with Gasteiger partial charge in [0.1, 0.15) is 10.7 Å². The first-order valence-corrected chi connectivity index (χ1v) is 6.03. The number of aliphatic hydroxyl groups is 1. The Bertz CT molecular complexity index is 369. The van der Waals surface area contributed by atoms with Gasteiger partial charge in [0.25, 0.3) is 5.91 Å². The van der Waals surface area contributed by atoms with Crippen molar-refractivity contribution in [3.05, 3.63) is 16.1 Å². The van der Waals surface area contributed by atoms with Gasteiger partial charge in [-0.05, 0) is 0 Å². The standard InChI is InChI=1S/C10H17N3O3S/c1-13(4-7(14)5-16-2)10(15)8-6-17-9(3-11)12-8/h6-7,14H,3-5,11H2,1-2H3. The van der Waals surface area contributed by atoms with Crippen LogP contribution in [0.1, 0.15) is 15.5 Å². The number of nitrogens with zero attached hydrogens (tertiary/aromatic N) is 2. The third-order valence-electron chi connectivity index (χ3n) is 2.14. The van der Waals surface area contributed by atoms with Gasteiger partial charge in [-0.2, -0.15) is 0 Å². The summed E-state index contributed by atoms with van der Waals surface area (Å²) in [5.41, 5.74) is 5.79. The molecule has 1 aromatic rings. The lowest BCUT2D eigenvalue weighted by atomic mass is 10.3. The van der Waals surface area contributed by atoms with Crippen molar-refractivity contribution in [1.29, 1.82) is 0 Å². The summed E-state index contributed by atoms with van der Waals surface area (Å²) in [6.07, 6.45) is -0.693. The number of hydrogen-bond donors (Lipinski definition) is 2. The van der Waals surface area contributed by atoms with Crippen LogP contribution in [0.5, 0.6) is 0 Å². The number of carbonyl (C=O) groups is 1. The zero-order chi connectivity index (χ0) is 12.8. The van der Waals surface area contributed by atoms with Crippen molar-refractivity contribution in [3.8, 4) is 0 Å². The van der Waals surface area contributed by atoms with Crippen molar-refractivity contribution in [2.24, 2.45) is 5.73 Å². The molecule has 0 saturated heterocycles. The van der Waals surface area contributed by atoms with Crippen LogP contribution in [0.2, 0.25) is 0 Å². The Kier molecular flexibility index (Phi) is 5.49. The van der Waals surface area contributed by atoms with Gasteiger partial charge in [0.15, 0.2) is 0 Å². The molecule has 6 nitrogen and oxygen atoms in total. The maximum atomic E-state index is 11.9. The number of amides is 1. The summed E-state index contributed by atoms with van der Waals surface area (Å²) < 4.78 is 4.79. The maximum Gasteiger partial charge on any atom is 0.273 e. The van der Waals surface area contributed by atoms with Gasteiger partial charge in [0.05, 0.1) is 12.7 Å². The fourth-order valence-corrected chi connectivity index (χ4v) is 1.99. The molecule has 7 heteroatoms. The minimum absolute atomic E-state index is 0.197. The predicted molar refractivity (Wildman–Crippen MR) is 64.8 cm³/mol. The monoisotopic (exact) mass is 259 g/mol. The first-order chi connectivity index (χ1) is 8.08. The van der Waals surface area contributed by atoms with E-state index in [4.69, 9.17) is 10.5 Å². The lowest BCUT2D eigenvalue weighted by molar-refractivity contribution is 0.0378. The minimum Gasteiger partial charge on any atom is -0.389 e. The molecule has 1 aromatic heterocycles. The van der Waals surface area contributed by atoms with Crippen LogP contribution in [0.25, 0.3) is 0 Å². The van der Waals surface area contributed by atoms with E-state index in [2.05, 4.69) is 4.98 Å². The van der Waals surface area contributed by atoms with Gasteiger partial charge >= 0.3 is 0 Å². The third-order valence-corrected chi connectivity index (χ3v) is 3.01. The highest BCUT2D eigenvalue weighted by molar-refractivity contribution is 7.09. The molecule has 0 aromatic carbocycles. The smallest absolute Gasteiger partial charge is 0.273 e. The van der Waals surface area contributed by atoms with Crippen molar-refractivity contribution < 1.29 is 14.6 Å². The van der Waals surface area contributed by atoms with Crippen molar-refractivity contribution in [2.45, 2.75) is 12.6 Å². The van der Waals surface area contributed by atoms with E-state index in [1.54, 1.807) is 12.4 Å². The second-order valence-corrected chi connectivity index (χ2v) is 4.57. The number of carbonyl (C=O) groups excluding carboxylic acids is 1. The summed E-state index contributed by atoms with van der Waals surface area (Å²) in [5, 5.41) is 11.9. The molecule has 0 aliphatic heterocycles. The Morgan fingerprint density at radius 2 is 2.47 bits per heavy atom. The summed E-state index contributed by atoms with van der Waals surface area (Å²) in [6, 6.07) is 0. The van der Waals surface area contributed by atoms with Gasteiger partial charge < -0.3 is 20.5 Å². The Balaban J connectivity index is 2.57. The minimum atomic E-state index is -0.693. The number of ether oxygens (including phenoxy) is 1. The molecular weight excluding hydrogens is 242 g/mol. The van der Waals surface area contributed by atoms with E-state index in [1.165, 1.54) is 23.3 Å². The number of methoxy groups -OCH3 is 1. The van der Waals surface area contributed by atoms with E-state index in [0.29, 0.717) is 12.2 Å². The number of thiazole rings is 1. The van der Waals surface area contributed by atoms with Gasteiger partial charge in [0.2, 0.25) is 0 Å². The van der Waals surface area contributed by atoms with Crippen molar-refractivity contribution in [2.75, 3.05) is 27.3 Å². The highest BCUT2D eigenvalue weighted by Gasteiger charge is 2.17. The van der Waals surface area contributed by atoms with Crippen LogP contribution in [0.15, 0.2) is 5.38 Å². The topological polar surface area (TPSA) is 88.7 Å². The molecule has 1 rings (SSSR count). The molecule has 1 amide bonds. The molecule has 96 valence electrons. The molecule has 3 N–H and O–H groups in total. The molecule has 1 atom stereocenters. The second-order valence-electron chi connectivity index (χ2n) is 3.63. The van der Waals surface area contributed by atoms with Crippen LogP contribution in [-0.2, 0) is 11.3 Å². The average Bonchev–Trinajstić information content (AvgIpc) is 2.76. The molecular formula is C10H17N3O3S. The first-order valence-electron chi connectivity index (χ1n) is 5.15. The summed E-state index contributed by atoms with van der Waals surface area (Å²) in [4.78, 5) is 17.4. The molecule has 1 heterocycles. The van der Waals surface area contributed by atoms with Crippen LogP contribution in [0.4, 0.5) is 0 Å². The average molecular weight is 259 g/mol. The zero-order valence-corrected chi connectivity index (χ0v) is 10.7. The summed E-state index contributed by atoms with van der Waals surface area (Å²) in [7, 11) is 3.11. The van der Waals surface area contributed by atoms with E-state index >= 15 is 0 Å². The van der Waals surface area contributed by atoms with E-state index in [1.807, 2.05) is 0 Å². The van der Waals surface area contributed by atoms with Crippen LogP contribution >= 0.6 is 11.3 Å². The quantitative estimate of drug-likeness (QED) is 0.731. The van der Waals surface area contributed by atoms with E-state index in [0.717, 1.165) is 5.01 Å². The molecule has 0 bridgehead atoms. The van der Waals surface area contributed by atoms with Gasteiger partial charge in [-0.15, -0.1) is 11.3 Å². The lowest BCUT2D eigenvalue weighted by Crippen LogP contribution is -2.36. The lowest BCUT2D eigenvalue weighted by Gasteiger charge is -2.19. The molecule has 0 radical (unpaired) electrons. The first kappa shape index (κ1) is 14.0. The van der Waals surface area contributed by atoms with Crippen molar-refractivity contribution in [3.63, 3.8) is 0 Å². The van der Waals surface area contributed by atoms with E-state index in [9.17, 15) is 9.90 Å². The number of rotatable bonds is 6. The summed E-state index contributed by atoms with van der Waals surface area (Å²) >= 11 is 1.35. The Morgan fingerprint density at radius 1 is 1.76 bits per heavy atom. The number of likely N-dealkylation sites (N-methyl/N-ethyl adjacent to an activating group) is 1. The van der Waals surface area contributed by atoms with Crippen molar-refractivity contribution >= 4 is 17.2 Å². The molecule has 0 saturated carbocycles. The number of hydrogen-bond acceptors (Lipinski definition) is 6. The number of nitrogens with two attached hydrogens (primary N) is 1. The zero-order valence-electron chi connectivity index (χ0n) is 9.92. The predicted octanol–water partition coefficient (Wildman–Crippen LogP) is -0.319. The van der Waals surface area contributed by atoms with Crippen LogP contribution in [-0.4, -0.2) is 54.3 Å². The van der Waals surface area contributed by atoms with Crippen LogP contribution in [0.3, 0.4) is 0 Å². The molecule has 17 heavy (non-hydrogen) atoms. The summed E-state index contributed by atoms with van der Waals surface area (Å²) in [5.74, 6) is -0.226. The highest BCUT2D eigenvalue weighted by Crippen LogP contribution is 2.10. The SMILES string of the molecule is COCC(O)CN(C)C(=O)c1csc(CN)n1. The molecule has 0 fully saturated rings. The van der Waals surface area contributed by atoms with Gasteiger partial charge in [0, 0.05) is 32.6 Å². The Morgan fingerprint density at radius 3 is 3.00 bits per heavy atom. The fraction of sp³-hybridized carbons (Fsp3) is 0.600. The number of aromatic nitrogens is 1. The molecule has 0 aliphatic rings.